The second-order valence-corrected chi connectivity index (χ2v) is 4.21. The van der Waals surface area contributed by atoms with Gasteiger partial charge in [0.25, 0.3) is 0 Å². The number of carboxylic acids is 1. The molecule has 0 aliphatic heterocycles. The van der Waals surface area contributed by atoms with Crippen molar-refractivity contribution in [2.75, 3.05) is 0 Å². The highest BCUT2D eigenvalue weighted by Gasteiger charge is 2.83. The smallest absolute Gasteiger partial charge is 0.342 e. The van der Waals surface area contributed by atoms with Crippen molar-refractivity contribution >= 4 is 5.97 Å². The second-order valence-electron chi connectivity index (χ2n) is 4.21. The van der Waals surface area contributed by atoms with Crippen LogP contribution in [0.5, 0.6) is 0 Å². The maximum atomic E-state index is 13.6. The predicted molar refractivity (Wildman–Crippen MR) is 39.0 cm³/mol. The van der Waals surface area contributed by atoms with Crippen LogP contribution in [0, 0.1) is 10.8 Å². The monoisotopic (exact) mass is 160 g/mol. The van der Waals surface area contributed by atoms with E-state index in [2.05, 4.69) is 0 Å². The van der Waals surface area contributed by atoms with Crippen LogP contribution in [0.2, 0.25) is 0 Å². The van der Waals surface area contributed by atoms with Gasteiger partial charge in [0.2, 0.25) is 5.67 Å². The summed E-state index contributed by atoms with van der Waals surface area (Å²) < 4.78 is 13.6. The Bertz CT molecular complexity index is 204. The molecule has 1 N–H and O–H groups in total. The van der Waals surface area contributed by atoms with Gasteiger partial charge in [0.15, 0.2) is 0 Å². The molecule has 2 nitrogen and oxygen atoms in total. The Morgan fingerprint density at radius 1 is 1.18 bits per heavy atom. The van der Waals surface area contributed by atoms with E-state index < -0.39 is 22.5 Å². The molecule has 64 valence electrons. The molecule has 1 aliphatic carbocycles. The molecule has 1 rings (SSSR count). The number of hydrogen-bond acceptors (Lipinski definition) is 1. The lowest BCUT2D eigenvalue weighted by molar-refractivity contribution is -0.147. The van der Waals surface area contributed by atoms with Crippen molar-refractivity contribution in [1.82, 2.24) is 0 Å². The standard InChI is InChI=1S/C8H13FO2/c1-6(2)7(3,4)8(6,9)5(10)11/h1-4H3,(H,10,11). The molecule has 0 bridgehead atoms. The number of rotatable bonds is 1. The number of halogens is 1. The molecule has 11 heavy (non-hydrogen) atoms. The minimum absolute atomic E-state index is 0.744. The highest BCUT2D eigenvalue weighted by Crippen LogP contribution is 2.73. The third kappa shape index (κ3) is 0.557. The van der Waals surface area contributed by atoms with Crippen LogP contribution in [0.25, 0.3) is 0 Å². The Morgan fingerprint density at radius 3 is 1.45 bits per heavy atom. The number of aliphatic carboxylic acids is 1. The lowest BCUT2D eigenvalue weighted by Crippen LogP contribution is -2.24. The SMILES string of the molecule is CC1(C)C(C)(C)C1(F)C(=O)O. The van der Waals surface area contributed by atoms with Crippen LogP contribution in [-0.2, 0) is 4.79 Å². The average Bonchev–Trinajstić information content (AvgIpc) is 2.11. The third-order valence-electron chi connectivity index (χ3n) is 3.52. The minimum Gasteiger partial charge on any atom is -0.479 e. The summed E-state index contributed by atoms with van der Waals surface area (Å²) in [6.45, 7) is 6.56. The number of carbonyl (C=O) groups is 1. The van der Waals surface area contributed by atoms with E-state index in [0.29, 0.717) is 0 Å². The molecule has 0 unspecified atom stereocenters. The summed E-state index contributed by atoms with van der Waals surface area (Å²) in [7, 11) is 0. The molecule has 0 spiro atoms. The quantitative estimate of drug-likeness (QED) is 0.635. The summed E-state index contributed by atoms with van der Waals surface area (Å²) in [4.78, 5) is 10.5. The Kier molecular flexibility index (Phi) is 1.23. The molecule has 0 aromatic heterocycles. The maximum Gasteiger partial charge on any atom is 0.342 e. The Hall–Kier alpha value is -0.600. The molecule has 0 radical (unpaired) electrons. The molecule has 0 heterocycles. The fourth-order valence-electron chi connectivity index (χ4n) is 1.78. The van der Waals surface area contributed by atoms with Crippen molar-refractivity contribution in [3.8, 4) is 0 Å². The number of hydrogen-bond donors (Lipinski definition) is 1. The molecule has 3 heteroatoms. The van der Waals surface area contributed by atoms with Gasteiger partial charge in [-0.25, -0.2) is 9.18 Å². The Labute approximate surface area is 65.4 Å². The first kappa shape index (κ1) is 8.50. The molecule has 1 saturated carbocycles. The fourth-order valence-corrected chi connectivity index (χ4v) is 1.78. The van der Waals surface area contributed by atoms with E-state index in [1.807, 2.05) is 0 Å². The zero-order valence-electron chi connectivity index (χ0n) is 7.23. The van der Waals surface area contributed by atoms with Gasteiger partial charge >= 0.3 is 5.97 Å². The summed E-state index contributed by atoms with van der Waals surface area (Å²) in [5.74, 6) is -1.34. The van der Waals surface area contributed by atoms with Crippen molar-refractivity contribution in [3.05, 3.63) is 0 Å². The normalized spacial score (nSPS) is 29.5. The first-order valence-electron chi connectivity index (χ1n) is 3.62. The van der Waals surface area contributed by atoms with Crippen LogP contribution in [-0.4, -0.2) is 16.7 Å². The summed E-state index contributed by atoms with van der Waals surface area (Å²) in [6.07, 6.45) is 0. The van der Waals surface area contributed by atoms with Crippen molar-refractivity contribution in [1.29, 1.82) is 0 Å². The van der Waals surface area contributed by atoms with E-state index in [-0.39, 0.29) is 0 Å². The van der Waals surface area contributed by atoms with Gasteiger partial charge in [0.05, 0.1) is 0 Å². The van der Waals surface area contributed by atoms with Gasteiger partial charge in [0, 0.05) is 10.8 Å². The number of alkyl halides is 1. The largest absolute Gasteiger partial charge is 0.479 e. The Morgan fingerprint density at radius 2 is 1.45 bits per heavy atom. The van der Waals surface area contributed by atoms with Gasteiger partial charge in [-0.3, -0.25) is 0 Å². The van der Waals surface area contributed by atoms with E-state index in [0.717, 1.165) is 0 Å². The summed E-state index contributed by atoms with van der Waals surface area (Å²) in [5.41, 5.74) is -3.53. The summed E-state index contributed by atoms with van der Waals surface area (Å²) >= 11 is 0. The van der Waals surface area contributed by atoms with E-state index in [4.69, 9.17) is 5.11 Å². The van der Waals surface area contributed by atoms with Gasteiger partial charge in [-0.15, -0.1) is 0 Å². The zero-order chi connectivity index (χ0) is 9.08. The molecular weight excluding hydrogens is 147 g/mol. The fraction of sp³-hybridized carbons (Fsp3) is 0.875. The van der Waals surface area contributed by atoms with Crippen LogP contribution < -0.4 is 0 Å². The van der Waals surface area contributed by atoms with Crippen LogP contribution in [0.3, 0.4) is 0 Å². The lowest BCUT2D eigenvalue weighted by Gasteiger charge is -2.02. The molecule has 0 aromatic rings. The minimum atomic E-state index is -2.04. The first-order valence-corrected chi connectivity index (χ1v) is 3.62. The zero-order valence-corrected chi connectivity index (χ0v) is 7.23. The number of carboxylic acid groups (broad SMARTS) is 1. The summed E-state index contributed by atoms with van der Waals surface area (Å²) in [5, 5.41) is 8.61. The van der Waals surface area contributed by atoms with Gasteiger partial charge in [-0.2, -0.15) is 0 Å². The van der Waals surface area contributed by atoms with Crippen LogP contribution in [0.1, 0.15) is 27.7 Å². The van der Waals surface area contributed by atoms with E-state index in [9.17, 15) is 9.18 Å². The van der Waals surface area contributed by atoms with Crippen molar-refractivity contribution in [2.45, 2.75) is 33.4 Å². The molecule has 1 fully saturated rings. The Balaban J connectivity index is 3.06. The highest BCUT2D eigenvalue weighted by atomic mass is 19.1. The molecule has 0 saturated heterocycles. The molecule has 0 atom stereocenters. The molecule has 0 aromatic carbocycles. The average molecular weight is 160 g/mol. The highest BCUT2D eigenvalue weighted by molar-refractivity contribution is 5.85. The van der Waals surface area contributed by atoms with Crippen LogP contribution in [0.4, 0.5) is 4.39 Å². The van der Waals surface area contributed by atoms with Crippen molar-refractivity contribution in [3.63, 3.8) is 0 Å². The lowest BCUT2D eigenvalue weighted by atomic mass is 10.0. The molecule has 1 aliphatic rings. The third-order valence-corrected chi connectivity index (χ3v) is 3.52. The molecular formula is C8H13FO2. The van der Waals surface area contributed by atoms with E-state index in [1.54, 1.807) is 27.7 Å². The van der Waals surface area contributed by atoms with Crippen LogP contribution >= 0.6 is 0 Å². The topological polar surface area (TPSA) is 37.3 Å². The van der Waals surface area contributed by atoms with Gasteiger partial charge in [0.1, 0.15) is 0 Å². The first-order chi connectivity index (χ1) is 4.69. The second kappa shape index (κ2) is 1.59. The van der Waals surface area contributed by atoms with Crippen molar-refractivity contribution < 1.29 is 14.3 Å². The van der Waals surface area contributed by atoms with Gasteiger partial charge < -0.3 is 5.11 Å². The summed E-state index contributed by atoms with van der Waals surface area (Å²) in [6, 6.07) is 0. The van der Waals surface area contributed by atoms with Gasteiger partial charge in [-0.1, -0.05) is 27.7 Å². The maximum absolute atomic E-state index is 13.6. The van der Waals surface area contributed by atoms with E-state index in [1.165, 1.54) is 0 Å². The van der Waals surface area contributed by atoms with E-state index >= 15 is 0 Å². The molecule has 0 amide bonds. The van der Waals surface area contributed by atoms with Crippen molar-refractivity contribution in [2.24, 2.45) is 10.8 Å². The van der Waals surface area contributed by atoms with Crippen LogP contribution in [0.15, 0.2) is 0 Å². The van der Waals surface area contributed by atoms with Gasteiger partial charge in [-0.05, 0) is 0 Å². The predicted octanol–water partition coefficient (Wildman–Crippen LogP) is 1.85.